The van der Waals surface area contributed by atoms with Crippen LogP contribution in [0.3, 0.4) is 0 Å². The summed E-state index contributed by atoms with van der Waals surface area (Å²) in [4.78, 5) is 72.7. The standard InChI is InChI=1S/C76H148O17P2/c1-66(2)52-44-36-28-23-19-15-13-11-9-10-12-14-16-21-25-31-40-48-56-73(78)86-62-71(93-76(81)59-51-43-33-27-30-38-46-54-68(5)6)64-90-94(82,83)88-60-70(77)61-89-95(84,85)91-65-72(63-87-74(79)57-49-41-35-34-39-47-55-69(7)8)92-75(80)58-50-42-32-26-22-18-17-20-24-29-37-45-53-67(3)4/h66-72,77H,9-65H2,1-8H3,(H,82,83)(H,84,85)/t70-,71-,72-/m1/s1. The van der Waals surface area contributed by atoms with Gasteiger partial charge in [0.25, 0.3) is 0 Å². The summed E-state index contributed by atoms with van der Waals surface area (Å²) in [6, 6.07) is 0. The minimum absolute atomic E-state index is 0.103. The molecule has 3 N–H and O–H groups in total. The molecule has 2 unspecified atom stereocenters. The number of carbonyl (C=O) groups is 4. The molecule has 0 bridgehead atoms. The summed E-state index contributed by atoms with van der Waals surface area (Å²) in [5, 5.41) is 10.6. The van der Waals surface area contributed by atoms with Gasteiger partial charge in [0, 0.05) is 25.7 Å². The van der Waals surface area contributed by atoms with Gasteiger partial charge < -0.3 is 33.8 Å². The van der Waals surface area contributed by atoms with E-state index in [1.807, 2.05) is 0 Å². The van der Waals surface area contributed by atoms with E-state index in [1.54, 1.807) is 0 Å². The lowest BCUT2D eigenvalue weighted by Crippen LogP contribution is -2.30. The van der Waals surface area contributed by atoms with Gasteiger partial charge in [0.05, 0.1) is 26.4 Å². The van der Waals surface area contributed by atoms with E-state index < -0.39 is 97.5 Å². The fourth-order valence-electron chi connectivity index (χ4n) is 11.6. The number of phosphoric ester groups is 2. The van der Waals surface area contributed by atoms with Gasteiger partial charge in [0.1, 0.15) is 19.3 Å². The fourth-order valence-corrected chi connectivity index (χ4v) is 13.1. The average Bonchev–Trinajstić information content (AvgIpc) is 1.80. The van der Waals surface area contributed by atoms with E-state index in [-0.39, 0.29) is 25.7 Å². The van der Waals surface area contributed by atoms with E-state index in [0.29, 0.717) is 37.5 Å². The van der Waals surface area contributed by atoms with Crippen LogP contribution < -0.4 is 0 Å². The minimum atomic E-state index is -4.96. The number of carbonyl (C=O) groups excluding carboxylic acids is 4. The normalized spacial score (nSPS) is 14.1. The monoisotopic (exact) mass is 1400 g/mol. The highest BCUT2D eigenvalue weighted by molar-refractivity contribution is 7.47. The maximum Gasteiger partial charge on any atom is 0.472 e. The summed E-state index contributed by atoms with van der Waals surface area (Å²) in [6.45, 7) is 14.1. The van der Waals surface area contributed by atoms with Gasteiger partial charge in [-0.25, -0.2) is 9.13 Å². The van der Waals surface area contributed by atoms with Crippen molar-refractivity contribution >= 4 is 39.5 Å². The first kappa shape index (κ1) is 93.1. The molecule has 0 rings (SSSR count). The van der Waals surface area contributed by atoms with Crippen LogP contribution in [0, 0.1) is 23.7 Å². The molecule has 0 aliphatic rings. The zero-order valence-corrected chi connectivity index (χ0v) is 64.1. The molecule has 0 spiro atoms. The van der Waals surface area contributed by atoms with E-state index in [2.05, 4.69) is 55.4 Å². The van der Waals surface area contributed by atoms with Crippen LogP contribution >= 0.6 is 15.6 Å². The topological polar surface area (TPSA) is 237 Å². The molecule has 0 aliphatic heterocycles. The van der Waals surface area contributed by atoms with E-state index in [4.69, 9.17) is 37.0 Å². The molecule has 0 aromatic rings. The van der Waals surface area contributed by atoms with Crippen molar-refractivity contribution in [3.8, 4) is 0 Å². The van der Waals surface area contributed by atoms with Crippen molar-refractivity contribution in [3.63, 3.8) is 0 Å². The van der Waals surface area contributed by atoms with Crippen molar-refractivity contribution in [3.05, 3.63) is 0 Å². The zero-order valence-electron chi connectivity index (χ0n) is 62.3. The van der Waals surface area contributed by atoms with Crippen LogP contribution in [0.15, 0.2) is 0 Å². The van der Waals surface area contributed by atoms with Crippen molar-refractivity contribution in [1.29, 1.82) is 0 Å². The number of hydrogen-bond donors (Lipinski definition) is 3. The summed E-state index contributed by atoms with van der Waals surface area (Å²) in [5.41, 5.74) is 0. The van der Waals surface area contributed by atoms with Crippen LogP contribution in [-0.4, -0.2) is 96.7 Å². The lowest BCUT2D eigenvalue weighted by molar-refractivity contribution is -0.161. The van der Waals surface area contributed by atoms with Crippen LogP contribution in [-0.2, 0) is 65.4 Å². The first-order valence-electron chi connectivity index (χ1n) is 39.2. The molecule has 5 atom stereocenters. The van der Waals surface area contributed by atoms with E-state index in [1.165, 1.54) is 180 Å². The molecule has 564 valence electrons. The van der Waals surface area contributed by atoms with Crippen molar-refractivity contribution < 1.29 is 80.2 Å². The van der Waals surface area contributed by atoms with Gasteiger partial charge in [-0.2, -0.15) is 0 Å². The van der Waals surface area contributed by atoms with Crippen molar-refractivity contribution in [2.24, 2.45) is 23.7 Å². The third kappa shape index (κ3) is 70.3. The fraction of sp³-hybridized carbons (Fsp3) is 0.947. The Hall–Kier alpha value is -1.94. The Morgan fingerprint density at radius 1 is 0.263 bits per heavy atom. The maximum absolute atomic E-state index is 13.0. The zero-order chi connectivity index (χ0) is 70.3. The molecule has 0 saturated carbocycles. The first-order valence-corrected chi connectivity index (χ1v) is 42.2. The number of aliphatic hydroxyl groups is 1. The number of rotatable bonds is 73. The number of hydrogen-bond acceptors (Lipinski definition) is 15. The molecule has 0 saturated heterocycles. The molecule has 0 radical (unpaired) electrons. The summed E-state index contributed by atoms with van der Waals surface area (Å²) < 4.78 is 68.4. The number of phosphoric acid groups is 2. The van der Waals surface area contributed by atoms with E-state index >= 15 is 0 Å². The van der Waals surface area contributed by atoms with Crippen LogP contribution in [0.25, 0.3) is 0 Å². The van der Waals surface area contributed by atoms with Crippen molar-refractivity contribution in [2.75, 3.05) is 39.6 Å². The van der Waals surface area contributed by atoms with Crippen LogP contribution in [0.4, 0.5) is 0 Å². The Labute approximate surface area is 581 Å². The molecule has 0 amide bonds. The Kier molecular flexibility index (Phi) is 64.0. The second-order valence-electron chi connectivity index (χ2n) is 29.3. The van der Waals surface area contributed by atoms with Gasteiger partial charge in [-0.3, -0.25) is 37.3 Å². The lowest BCUT2D eigenvalue weighted by atomic mass is 10.0. The second-order valence-corrected chi connectivity index (χ2v) is 32.2. The van der Waals surface area contributed by atoms with Gasteiger partial charge in [-0.15, -0.1) is 0 Å². The molecular weight excluding hydrogens is 1250 g/mol. The lowest BCUT2D eigenvalue weighted by Gasteiger charge is -2.21. The third-order valence-electron chi connectivity index (χ3n) is 17.6. The maximum atomic E-state index is 13.0. The SMILES string of the molecule is CC(C)CCCCCCCCCCCCCCCCCCCCC(=O)OC[C@H](COP(=O)(O)OC[C@@H](O)COP(=O)(O)OC[C@@H](COC(=O)CCCCCCCCC(C)C)OC(=O)CCCCCCCCCCCCCCC(C)C)OC(=O)CCCCCCCCCC(C)C. The summed E-state index contributed by atoms with van der Waals surface area (Å²) in [6.07, 6.45) is 50.4. The predicted octanol–water partition coefficient (Wildman–Crippen LogP) is 22.0. The highest BCUT2D eigenvalue weighted by atomic mass is 31.2. The molecule has 0 fully saturated rings. The molecule has 0 aliphatic carbocycles. The Bertz CT molecular complexity index is 1870. The largest absolute Gasteiger partial charge is 0.472 e. The Morgan fingerprint density at radius 3 is 0.653 bits per heavy atom. The molecular formula is C76H148O17P2. The van der Waals surface area contributed by atoms with Crippen LogP contribution in [0.2, 0.25) is 0 Å². The summed E-state index contributed by atoms with van der Waals surface area (Å²) >= 11 is 0. The second kappa shape index (κ2) is 65.4. The molecule has 95 heavy (non-hydrogen) atoms. The molecule has 17 nitrogen and oxygen atoms in total. The molecule has 0 aromatic heterocycles. The van der Waals surface area contributed by atoms with Crippen LogP contribution in [0.5, 0.6) is 0 Å². The number of esters is 4. The number of unbranched alkanes of at least 4 members (excludes halogenated alkanes) is 39. The quantitative estimate of drug-likeness (QED) is 0.0222. The van der Waals surface area contributed by atoms with E-state index in [0.717, 1.165) is 108 Å². The van der Waals surface area contributed by atoms with Crippen molar-refractivity contribution in [2.45, 2.75) is 401 Å². The van der Waals surface area contributed by atoms with Gasteiger partial charge in [0.15, 0.2) is 12.2 Å². The van der Waals surface area contributed by atoms with Gasteiger partial charge >= 0.3 is 39.5 Å². The summed E-state index contributed by atoms with van der Waals surface area (Å²) in [7, 11) is -9.91. The van der Waals surface area contributed by atoms with Gasteiger partial charge in [-0.05, 0) is 49.4 Å². The predicted molar refractivity (Wildman–Crippen MR) is 386 cm³/mol. The number of aliphatic hydroxyl groups excluding tert-OH is 1. The molecule has 19 heteroatoms. The smallest absolute Gasteiger partial charge is 0.462 e. The summed E-state index contributed by atoms with van der Waals surface area (Å²) in [5.74, 6) is 0.849. The van der Waals surface area contributed by atoms with Crippen LogP contribution in [0.1, 0.15) is 383 Å². The Balaban J connectivity index is 5.13. The highest BCUT2D eigenvalue weighted by Gasteiger charge is 2.30. The Morgan fingerprint density at radius 2 is 0.442 bits per heavy atom. The number of ether oxygens (including phenoxy) is 4. The van der Waals surface area contributed by atoms with Crippen molar-refractivity contribution in [1.82, 2.24) is 0 Å². The average molecular weight is 1400 g/mol. The van der Waals surface area contributed by atoms with E-state index in [9.17, 15) is 43.2 Å². The minimum Gasteiger partial charge on any atom is -0.462 e. The first-order chi connectivity index (χ1) is 45.6. The van der Waals surface area contributed by atoms with Gasteiger partial charge in [0.2, 0.25) is 0 Å². The third-order valence-corrected chi connectivity index (χ3v) is 19.5. The molecule has 0 heterocycles. The van der Waals surface area contributed by atoms with Gasteiger partial charge in [-0.1, -0.05) is 331 Å². The molecule has 0 aromatic carbocycles. The highest BCUT2D eigenvalue weighted by Crippen LogP contribution is 2.45.